The van der Waals surface area contributed by atoms with Gasteiger partial charge >= 0.3 is 11.4 Å². The number of hydrogen-bond acceptors (Lipinski definition) is 5. The van der Waals surface area contributed by atoms with E-state index in [1.165, 1.54) is 27.6 Å². The Kier molecular flexibility index (Phi) is 4.74. The summed E-state index contributed by atoms with van der Waals surface area (Å²) in [5.74, 6) is 0. The number of hydrogen-bond donors (Lipinski definition) is 3. The Morgan fingerprint density at radius 1 is 1.13 bits per heavy atom. The molecule has 0 spiro atoms. The van der Waals surface area contributed by atoms with Crippen molar-refractivity contribution in [2.75, 3.05) is 0 Å². The molecule has 23 heavy (non-hydrogen) atoms. The Morgan fingerprint density at radius 3 is 2.43 bits per heavy atom. The van der Waals surface area contributed by atoms with Crippen LogP contribution in [0, 0.1) is 6.92 Å². The average molecular weight is 321 g/mol. The van der Waals surface area contributed by atoms with Gasteiger partial charge in [0.15, 0.2) is 0 Å². The summed E-state index contributed by atoms with van der Waals surface area (Å²) >= 11 is 0. The minimum Gasteiger partial charge on any atom is -0.352 e. The van der Waals surface area contributed by atoms with Crippen LogP contribution >= 0.6 is 0 Å². The number of amides is 1. The second-order valence-corrected chi connectivity index (χ2v) is 4.97. The van der Waals surface area contributed by atoms with Crippen molar-refractivity contribution in [3.63, 3.8) is 0 Å². The first-order valence-electron chi connectivity index (χ1n) is 6.70. The van der Waals surface area contributed by atoms with Crippen LogP contribution in [0.5, 0.6) is 0 Å². The van der Waals surface area contributed by atoms with Crippen molar-refractivity contribution in [3.8, 4) is 0 Å². The third kappa shape index (κ3) is 3.93. The number of aryl methyl sites for hydroxylation is 1. The molecule has 2 aromatic rings. The van der Waals surface area contributed by atoms with E-state index in [0.717, 1.165) is 0 Å². The quantitative estimate of drug-likeness (QED) is 0.505. The first kappa shape index (κ1) is 16.2. The third-order valence-corrected chi connectivity index (χ3v) is 3.22. The molecule has 0 fully saturated rings. The molecule has 10 nitrogen and oxygen atoms in total. The summed E-state index contributed by atoms with van der Waals surface area (Å²) in [5, 5.41) is 2.50. The highest BCUT2D eigenvalue weighted by Crippen LogP contribution is 1.93. The Bertz CT molecular complexity index is 935. The summed E-state index contributed by atoms with van der Waals surface area (Å²) in [5.41, 5.74) is -1.91. The van der Waals surface area contributed by atoms with E-state index in [0.29, 0.717) is 12.0 Å². The summed E-state index contributed by atoms with van der Waals surface area (Å²) in [6.07, 6.45) is 3.11. The van der Waals surface area contributed by atoms with Gasteiger partial charge in [-0.1, -0.05) is 0 Å². The summed E-state index contributed by atoms with van der Waals surface area (Å²) in [6.45, 7) is 1.63. The van der Waals surface area contributed by atoms with E-state index in [-0.39, 0.29) is 13.1 Å². The van der Waals surface area contributed by atoms with E-state index in [1.54, 1.807) is 6.92 Å². The number of H-pyrrole nitrogens is 2. The second-order valence-electron chi connectivity index (χ2n) is 4.97. The van der Waals surface area contributed by atoms with E-state index in [2.05, 4.69) is 15.3 Å². The molecule has 2 heterocycles. The number of aromatic nitrogens is 4. The lowest BCUT2D eigenvalue weighted by molar-refractivity contribution is -0.110. The molecule has 1 unspecified atom stereocenters. The number of nitrogens with zero attached hydrogens (tertiary/aromatic N) is 2. The van der Waals surface area contributed by atoms with Crippen molar-refractivity contribution < 1.29 is 4.79 Å². The fourth-order valence-electron chi connectivity index (χ4n) is 2.08. The molecule has 1 amide bonds. The van der Waals surface area contributed by atoms with Crippen LogP contribution in [0.3, 0.4) is 0 Å². The van der Waals surface area contributed by atoms with Gasteiger partial charge in [-0.25, -0.2) is 9.59 Å². The number of carbonyl (C=O) groups excluding carboxylic acids is 1. The fourth-order valence-corrected chi connectivity index (χ4v) is 2.08. The molecular formula is C13H15N5O5. The molecule has 0 bridgehead atoms. The van der Waals surface area contributed by atoms with Crippen molar-refractivity contribution in [3.05, 3.63) is 65.7 Å². The molecule has 10 heteroatoms. The maximum Gasteiger partial charge on any atom is 0.328 e. The van der Waals surface area contributed by atoms with Crippen molar-refractivity contribution in [1.29, 1.82) is 0 Å². The molecule has 0 aliphatic carbocycles. The minimum atomic E-state index is -0.625. The van der Waals surface area contributed by atoms with Gasteiger partial charge in [0.25, 0.3) is 11.1 Å². The van der Waals surface area contributed by atoms with Gasteiger partial charge in [-0.3, -0.25) is 33.5 Å². The second kappa shape index (κ2) is 6.73. The predicted molar refractivity (Wildman–Crippen MR) is 80.4 cm³/mol. The number of rotatable bonds is 6. The molecule has 0 saturated carbocycles. The van der Waals surface area contributed by atoms with Crippen LogP contribution < -0.4 is 27.8 Å². The largest absolute Gasteiger partial charge is 0.352 e. The normalized spacial score (nSPS) is 11.9. The van der Waals surface area contributed by atoms with E-state index < -0.39 is 28.5 Å². The maximum absolute atomic E-state index is 11.8. The van der Waals surface area contributed by atoms with Gasteiger partial charge in [-0.15, -0.1) is 0 Å². The Morgan fingerprint density at radius 2 is 1.78 bits per heavy atom. The summed E-state index contributed by atoms with van der Waals surface area (Å²) in [6, 6.07) is 0.578. The number of aromatic amines is 2. The summed E-state index contributed by atoms with van der Waals surface area (Å²) < 4.78 is 2.43. The lowest BCUT2D eigenvalue weighted by atomic mass is 10.2. The first-order valence-corrected chi connectivity index (χ1v) is 6.70. The molecule has 0 radical (unpaired) electrons. The molecule has 2 rings (SSSR count). The van der Waals surface area contributed by atoms with Crippen LogP contribution in [0.2, 0.25) is 0 Å². The smallest absolute Gasteiger partial charge is 0.328 e. The highest BCUT2D eigenvalue weighted by molar-refractivity contribution is 5.46. The van der Waals surface area contributed by atoms with Crippen molar-refractivity contribution in [1.82, 2.24) is 24.4 Å². The van der Waals surface area contributed by atoms with Gasteiger partial charge in [0.2, 0.25) is 6.41 Å². The van der Waals surface area contributed by atoms with Gasteiger partial charge < -0.3 is 5.32 Å². The molecule has 3 N–H and O–H groups in total. The fraction of sp³-hybridized carbons (Fsp3) is 0.308. The standard InChI is InChI=1S/C13H15N5O5/c1-8-4-18(13(23)16-11(8)21)6-9(14-7-19)5-17-3-2-10(20)15-12(17)22/h2-4,7,9H,5-6H2,1H3,(H,14,19)(H,15,20,22)(H,16,21,23). The van der Waals surface area contributed by atoms with Crippen LogP contribution in [0.1, 0.15) is 5.56 Å². The van der Waals surface area contributed by atoms with Crippen LogP contribution in [0.15, 0.2) is 37.6 Å². The molecule has 1 atom stereocenters. The molecule has 122 valence electrons. The molecule has 0 aliphatic rings. The zero-order chi connectivity index (χ0) is 17.0. The molecule has 2 aromatic heterocycles. The van der Waals surface area contributed by atoms with Crippen molar-refractivity contribution in [2.24, 2.45) is 0 Å². The highest BCUT2D eigenvalue weighted by atomic mass is 16.2. The lowest BCUT2D eigenvalue weighted by Crippen LogP contribution is -2.43. The van der Waals surface area contributed by atoms with Gasteiger partial charge in [0.1, 0.15) is 0 Å². The van der Waals surface area contributed by atoms with E-state index >= 15 is 0 Å². The topological polar surface area (TPSA) is 139 Å². The van der Waals surface area contributed by atoms with Crippen LogP contribution in [-0.4, -0.2) is 31.6 Å². The van der Waals surface area contributed by atoms with Gasteiger partial charge in [0.05, 0.1) is 6.04 Å². The first-order chi connectivity index (χ1) is 10.9. The van der Waals surface area contributed by atoms with Crippen molar-refractivity contribution >= 4 is 6.41 Å². The predicted octanol–water partition coefficient (Wildman–Crippen LogP) is -2.49. The molecular weight excluding hydrogens is 306 g/mol. The van der Waals surface area contributed by atoms with Crippen molar-refractivity contribution in [2.45, 2.75) is 26.1 Å². The van der Waals surface area contributed by atoms with Gasteiger partial charge in [-0.05, 0) is 6.92 Å². The van der Waals surface area contributed by atoms with Gasteiger partial charge in [0, 0.05) is 37.1 Å². The SMILES string of the molecule is Cc1cn(CC(Cn2ccc(=O)[nH]c2=O)NC=O)c(=O)[nH]c1=O. The van der Waals surface area contributed by atoms with Gasteiger partial charge in [-0.2, -0.15) is 0 Å². The molecule has 0 aliphatic heterocycles. The average Bonchev–Trinajstić information content (AvgIpc) is 2.48. The molecule has 0 aromatic carbocycles. The monoisotopic (exact) mass is 321 g/mol. The molecule has 0 saturated heterocycles. The van der Waals surface area contributed by atoms with Crippen LogP contribution in [0.4, 0.5) is 0 Å². The summed E-state index contributed by atoms with van der Waals surface area (Å²) in [4.78, 5) is 60.8. The third-order valence-electron chi connectivity index (χ3n) is 3.22. The van der Waals surface area contributed by atoms with Crippen LogP contribution in [0.25, 0.3) is 0 Å². The maximum atomic E-state index is 11.8. The number of nitrogens with one attached hydrogen (secondary N) is 3. The van der Waals surface area contributed by atoms with E-state index in [4.69, 9.17) is 0 Å². The van der Waals surface area contributed by atoms with E-state index in [1.807, 2.05) is 0 Å². The number of carbonyl (C=O) groups is 1. The Labute approximate surface area is 128 Å². The zero-order valence-corrected chi connectivity index (χ0v) is 12.2. The zero-order valence-electron chi connectivity index (χ0n) is 12.2. The van der Waals surface area contributed by atoms with Crippen LogP contribution in [-0.2, 0) is 17.9 Å². The van der Waals surface area contributed by atoms with E-state index in [9.17, 15) is 24.0 Å². The lowest BCUT2D eigenvalue weighted by Gasteiger charge is -2.18. The Hall–Kier alpha value is -3.17. The minimum absolute atomic E-state index is 0.0406. The highest BCUT2D eigenvalue weighted by Gasteiger charge is 2.12. The summed E-state index contributed by atoms with van der Waals surface area (Å²) in [7, 11) is 0. The Balaban J connectivity index is 2.29.